The van der Waals surface area contributed by atoms with Crippen LogP contribution in [-0.4, -0.2) is 31.9 Å². The minimum Gasteiger partial charge on any atom is -0.492 e. The Morgan fingerprint density at radius 3 is 2.43 bits per heavy atom. The molecule has 5 heteroatoms. The maximum absolute atomic E-state index is 6.23. The Kier molecular flexibility index (Phi) is 7.82. The lowest BCUT2D eigenvalue weighted by atomic mass is 10.1. The fourth-order valence-electron chi connectivity index (χ4n) is 1.81. The van der Waals surface area contributed by atoms with Crippen LogP contribution in [0, 0.1) is 0 Å². The van der Waals surface area contributed by atoms with E-state index in [1.165, 1.54) is 0 Å². The van der Waals surface area contributed by atoms with Gasteiger partial charge < -0.3 is 14.8 Å². The molecule has 21 heavy (non-hydrogen) atoms. The number of halogens is 2. The molecular formula is C16H25Cl2NO2. The Morgan fingerprint density at radius 1 is 1.10 bits per heavy atom. The van der Waals surface area contributed by atoms with Crippen molar-refractivity contribution in [3.05, 3.63) is 27.7 Å². The van der Waals surface area contributed by atoms with Crippen LogP contribution >= 0.6 is 23.2 Å². The number of hydrogen-bond acceptors (Lipinski definition) is 3. The van der Waals surface area contributed by atoms with Gasteiger partial charge in [-0.05, 0) is 45.7 Å². The van der Waals surface area contributed by atoms with Gasteiger partial charge in [-0.1, -0.05) is 23.2 Å². The highest BCUT2D eigenvalue weighted by Gasteiger charge is 2.09. The highest BCUT2D eigenvalue weighted by atomic mass is 35.5. The number of benzene rings is 1. The summed E-state index contributed by atoms with van der Waals surface area (Å²) < 4.78 is 11.0. The highest BCUT2D eigenvalue weighted by molar-refractivity contribution is 6.34. The van der Waals surface area contributed by atoms with Crippen LogP contribution in [0.2, 0.25) is 10.0 Å². The molecule has 1 rings (SSSR count). The SMILES string of the molecule is CCOc1cc(Cl)c(CCOCCNC(C)(C)C)cc1Cl. The number of ether oxygens (including phenoxy) is 2. The normalized spacial score (nSPS) is 11.7. The molecule has 0 aliphatic carbocycles. The van der Waals surface area contributed by atoms with Gasteiger partial charge in [0.05, 0.1) is 24.8 Å². The van der Waals surface area contributed by atoms with Crippen molar-refractivity contribution in [3.8, 4) is 5.75 Å². The molecule has 0 radical (unpaired) electrons. The van der Waals surface area contributed by atoms with Gasteiger partial charge in [0.2, 0.25) is 0 Å². The first-order valence-electron chi connectivity index (χ1n) is 7.27. The second kappa shape index (κ2) is 8.84. The first-order chi connectivity index (χ1) is 9.83. The smallest absolute Gasteiger partial charge is 0.139 e. The van der Waals surface area contributed by atoms with E-state index in [2.05, 4.69) is 26.1 Å². The first-order valence-corrected chi connectivity index (χ1v) is 8.02. The molecule has 0 aromatic heterocycles. The summed E-state index contributed by atoms with van der Waals surface area (Å²) in [6.07, 6.45) is 0.737. The maximum Gasteiger partial charge on any atom is 0.139 e. The van der Waals surface area contributed by atoms with Gasteiger partial charge in [0.25, 0.3) is 0 Å². The summed E-state index contributed by atoms with van der Waals surface area (Å²) in [5, 5.41) is 4.63. The molecule has 0 spiro atoms. The topological polar surface area (TPSA) is 30.5 Å². The zero-order chi connectivity index (χ0) is 15.9. The quantitative estimate of drug-likeness (QED) is 0.718. The molecule has 0 saturated carbocycles. The van der Waals surface area contributed by atoms with Crippen LogP contribution in [0.15, 0.2) is 12.1 Å². The third kappa shape index (κ3) is 7.37. The summed E-state index contributed by atoms with van der Waals surface area (Å²) in [4.78, 5) is 0. The largest absolute Gasteiger partial charge is 0.492 e. The van der Waals surface area contributed by atoms with Crippen LogP contribution in [0.25, 0.3) is 0 Å². The van der Waals surface area contributed by atoms with E-state index < -0.39 is 0 Å². The van der Waals surface area contributed by atoms with E-state index in [9.17, 15) is 0 Å². The van der Waals surface area contributed by atoms with Crippen LogP contribution < -0.4 is 10.1 Å². The van der Waals surface area contributed by atoms with E-state index in [1.807, 2.05) is 13.0 Å². The third-order valence-electron chi connectivity index (χ3n) is 2.82. The summed E-state index contributed by atoms with van der Waals surface area (Å²) in [7, 11) is 0. The zero-order valence-electron chi connectivity index (χ0n) is 13.3. The second-order valence-corrected chi connectivity index (χ2v) is 6.66. The minimum atomic E-state index is 0.120. The van der Waals surface area contributed by atoms with Gasteiger partial charge in [0, 0.05) is 23.2 Å². The number of rotatable bonds is 8. The van der Waals surface area contributed by atoms with E-state index in [0.717, 1.165) is 18.5 Å². The van der Waals surface area contributed by atoms with E-state index >= 15 is 0 Å². The molecule has 1 aromatic rings. The second-order valence-electron chi connectivity index (χ2n) is 5.85. The monoisotopic (exact) mass is 333 g/mol. The van der Waals surface area contributed by atoms with Crippen LogP contribution in [0.5, 0.6) is 5.75 Å². The molecule has 0 amide bonds. The molecule has 0 aliphatic heterocycles. The van der Waals surface area contributed by atoms with Crippen LogP contribution in [-0.2, 0) is 11.2 Å². The number of nitrogens with one attached hydrogen (secondary N) is 1. The molecule has 1 aromatic carbocycles. The highest BCUT2D eigenvalue weighted by Crippen LogP contribution is 2.31. The first kappa shape index (κ1) is 18.6. The van der Waals surface area contributed by atoms with E-state index in [1.54, 1.807) is 6.07 Å². The average molecular weight is 334 g/mol. The molecule has 0 unspecified atom stereocenters. The van der Waals surface area contributed by atoms with Gasteiger partial charge in [-0.25, -0.2) is 0 Å². The predicted octanol–water partition coefficient (Wildman–Crippen LogP) is 4.34. The van der Waals surface area contributed by atoms with Crippen molar-refractivity contribution in [2.45, 2.75) is 39.7 Å². The van der Waals surface area contributed by atoms with Crippen molar-refractivity contribution >= 4 is 23.2 Å². The maximum atomic E-state index is 6.23. The average Bonchev–Trinajstić information content (AvgIpc) is 2.38. The fraction of sp³-hybridized carbons (Fsp3) is 0.625. The molecular weight excluding hydrogens is 309 g/mol. The minimum absolute atomic E-state index is 0.120. The van der Waals surface area contributed by atoms with Gasteiger partial charge in [-0.3, -0.25) is 0 Å². The fourth-order valence-corrected chi connectivity index (χ4v) is 2.30. The van der Waals surface area contributed by atoms with Gasteiger partial charge in [0.1, 0.15) is 5.75 Å². The van der Waals surface area contributed by atoms with Gasteiger partial charge in [-0.2, -0.15) is 0 Å². The lowest BCUT2D eigenvalue weighted by Gasteiger charge is -2.20. The summed E-state index contributed by atoms with van der Waals surface area (Å²) in [6.45, 7) is 11.0. The van der Waals surface area contributed by atoms with Crippen molar-refractivity contribution in [1.82, 2.24) is 5.32 Å². The standard InChI is InChI=1S/C16H25Cl2NO2/c1-5-21-15-11-13(17)12(10-14(15)18)6-8-20-9-7-19-16(2,3)4/h10-11,19H,5-9H2,1-4H3. The lowest BCUT2D eigenvalue weighted by molar-refractivity contribution is 0.133. The Bertz CT molecular complexity index is 445. The summed E-state index contributed by atoms with van der Waals surface area (Å²) in [6, 6.07) is 3.62. The molecule has 1 N–H and O–H groups in total. The molecule has 0 aliphatic rings. The van der Waals surface area contributed by atoms with E-state index in [-0.39, 0.29) is 5.54 Å². The third-order valence-corrected chi connectivity index (χ3v) is 3.47. The predicted molar refractivity (Wildman–Crippen MR) is 89.9 cm³/mol. The van der Waals surface area contributed by atoms with Crippen LogP contribution in [0.4, 0.5) is 0 Å². The zero-order valence-corrected chi connectivity index (χ0v) is 14.8. The summed E-state index contributed by atoms with van der Waals surface area (Å²) in [5.41, 5.74) is 1.10. The van der Waals surface area contributed by atoms with E-state index in [0.29, 0.717) is 35.6 Å². The Hall–Kier alpha value is -0.480. The van der Waals surface area contributed by atoms with Crippen molar-refractivity contribution in [1.29, 1.82) is 0 Å². The molecule has 0 saturated heterocycles. The molecule has 0 heterocycles. The molecule has 3 nitrogen and oxygen atoms in total. The van der Waals surface area contributed by atoms with Crippen molar-refractivity contribution < 1.29 is 9.47 Å². The molecule has 0 atom stereocenters. The van der Waals surface area contributed by atoms with Crippen molar-refractivity contribution in [3.63, 3.8) is 0 Å². The Balaban J connectivity index is 2.37. The Labute approximate surface area is 137 Å². The lowest BCUT2D eigenvalue weighted by Crippen LogP contribution is -2.38. The van der Waals surface area contributed by atoms with Crippen LogP contribution in [0.3, 0.4) is 0 Å². The summed E-state index contributed by atoms with van der Waals surface area (Å²) >= 11 is 12.4. The van der Waals surface area contributed by atoms with Gasteiger partial charge >= 0.3 is 0 Å². The Morgan fingerprint density at radius 2 is 1.81 bits per heavy atom. The van der Waals surface area contributed by atoms with Gasteiger partial charge in [0.15, 0.2) is 0 Å². The molecule has 120 valence electrons. The van der Waals surface area contributed by atoms with Crippen molar-refractivity contribution in [2.24, 2.45) is 0 Å². The summed E-state index contributed by atoms with van der Waals surface area (Å²) in [5.74, 6) is 0.628. The molecule has 0 bridgehead atoms. The number of hydrogen-bond donors (Lipinski definition) is 1. The van der Waals surface area contributed by atoms with Gasteiger partial charge in [-0.15, -0.1) is 0 Å². The van der Waals surface area contributed by atoms with Crippen molar-refractivity contribution in [2.75, 3.05) is 26.4 Å². The molecule has 0 fully saturated rings. The van der Waals surface area contributed by atoms with E-state index in [4.69, 9.17) is 32.7 Å². The van der Waals surface area contributed by atoms with Crippen LogP contribution in [0.1, 0.15) is 33.3 Å².